The monoisotopic (exact) mass is 268 g/mol. The molecule has 0 atom stereocenters. The fourth-order valence-electron chi connectivity index (χ4n) is 1.28. The van der Waals surface area contributed by atoms with Crippen LogP contribution >= 0.6 is 23.4 Å². The molecule has 1 aromatic heterocycles. The Morgan fingerprint density at radius 1 is 1.12 bits per heavy atom. The van der Waals surface area contributed by atoms with Gasteiger partial charge in [-0.25, -0.2) is 14.4 Å². The highest BCUT2D eigenvalue weighted by atomic mass is 35.5. The Labute approximate surface area is 108 Å². The molecule has 17 heavy (non-hydrogen) atoms. The molecule has 88 valence electrons. The first-order chi connectivity index (χ1) is 8.06. The van der Waals surface area contributed by atoms with Crippen molar-refractivity contribution in [3.8, 4) is 0 Å². The van der Waals surface area contributed by atoms with Gasteiger partial charge in [0.25, 0.3) is 0 Å². The van der Waals surface area contributed by atoms with Gasteiger partial charge < -0.3 is 0 Å². The molecular formula is C12H10ClFN2S. The summed E-state index contributed by atoms with van der Waals surface area (Å²) in [6.45, 7) is 3.66. The molecule has 1 aromatic carbocycles. The van der Waals surface area contributed by atoms with Crippen LogP contribution < -0.4 is 0 Å². The van der Waals surface area contributed by atoms with E-state index in [0.29, 0.717) is 11.0 Å². The summed E-state index contributed by atoms with van der Waals surface area (Å²) in [6.07, 6.45) is 0. The van der Waals surface area contributed by atoms with Crippen molar-refractivity contribution in [2.75, 3.05) is 0 Å². The van der Waals surface area contributed by atoms with Crippen LogP contribution in [0.1, 0.15) is 11.4 Å². The van der Waals surface area contributed by atoms with Crippen LogP contribution in [-0.2, 0) is 0 Å². The zero-order valence-electron chi connectivity index (χ0n) is 9.37. The van der Waals surface area contributed by atoms with E-state index in [0.717, 1.165) is 15.5 Å². The molecule has 1 heterocycles. The Kier molecular flexibility index (Phi) is 3.64. The lowest BCUT2D eigenvalue weighted by molar-refractivity contribution is 0.626. The van der Waals surface area contributed by atoms with E-state index in [1.165, 1.54) is 23.9 Å². The largest absolute Gasteiger partial charge is 0.226 e. The van der Waals surface area contributed by atoms with Crippen LogP contribution in [0.2, 0.25) is 5.15 Å². The molecule has 0 fully saturated rings. The lowest BCUT2D eigenvalue weighted by atomic mass is 10.3. The van der Waals surface area contributed by atoms with Gasteiger partial charge in [0.15, 0.2) is 0 Å². The number of benzene rings is 1. The van der Waals surface area contributed by atoms with Gasteiger partial charge in [0, 0.05) is 10.5 Å². The summed E-state index contributed by atoms with van der Waals surface area (Å²) in [5, 5.41) is 1.26. The predicted molar refractivity (Wildman–Crippen MR) is 67.0 cm³/mol. The molecule has 0 spiro atoms. The van der Waals surface area contributed by atoms with E-state index in [2.05, 4.69) is 9.97 Å². The standard InChI is InChI=1S/C12H10ClFN2S/c1-7-11(13)15-8(2)16-12(7)17-10-5-3-9(14)4-6-10/h3-6H,1-2H3. The van der Waals surface area contributed by atoms with Gasteiger partial charge >= 0.3 is 0 Å². The van der Waals surface area contributed by atoms with E-state index >= 15 is 0 Å². The van der Waals surface area contributed by atoms with Crippen LogP contribution in [0.3, 0.4) is 0 Å². The predicted octanol–water partition coefficient (Wildman–Crippen LogP) is 4.04. The second-order valence-electron chi connectivity index (χ2n) is 3.55. The van der Waals surface area contributed by atoms with Gasteiger partial charge in [-0.15, -0.1) is 0 Å². The number of halogens is 2. The van der Waals surface area contributed by atoms with E-state index in [4.69, 9.17) is 11.6 Å². The average Bonchev–Trinajstić information content (AvgIpc) is 2.28. The minimum absolute atomic E-state index is 0.247. The minimum Gasteiger partial charge on any atom is -0.226 e. The summed E-state index contributed by atoms with van der Waals surface area (Å²) in [5.41, 5.74) is 0.839. The van der Waals surface area contributed by atoms with Crippen LogP contribution in [0.15, 0.2) is 34.2 Å². The molecule has 0 bridgehead atoms. The Morgan fingerprint density at radius 3 is 2.41 bits per heavy atom. The van der Waals surface area contributed by atoms with Gasteiger partial charge in [0.2, 0.25) is 0 Å². The molecule has 2 aromatic rings. The smallest absolute Gasteiger partial charge is 0.136 e. The molecule has 0 unspecified atom stereocenters. The normalized spacial score (nSPS) is 10.6. The van der Waals surface area contributed by atoms with Crippen LogP contribution in [0, 0.1) is 19.7 Å². The first-order valence-electron chi connectivity index (χ1n) is 5.00. The zero-order chi connectivity index (χ0) is 12.4. The molecule has 0 aliphatic carbocycles. The summed E-state index contributed by atoms with van der Waals surface area (Å²) in [4.78, 5) is 9.32. The number of aryl methyl sites for hydroxylation is 1. The molecule has 5 heteroatoms. The molecule has 0 aliphatic rings. The number of aromatic nitrogens is 2. The SMILES string of the molecule is Cc1nc(Cl)c(C)c(Sc2ccc(F)cc2)n1. The summed E-state index contributed by atoms with van der Waals surface area (Å²) in [6, 6.07) is 6.27. The van der Waals surface area contributed by atoms with Crippen LogP contribution in [0.25, 0.3) is 0 Å². The molecule has 0 amide bonds. The van der Waals surface area contributed by atoms with Gasteiger partial charge in [-0.05, 0) is 38.1 Å². The third-order valence-corrected chi connectivity index (χ3v) is 3.65. The van der Waals surface area contributed by atoms with Crippen molar-refractivity contribution >= 4 is 23.4 Å². The highest BCUT2D eigenvalue weighted by Gasteiger charge is 2.08. The van der Waals surface area contributed by atoms with Gasteiger partial charge in [0.05, 0.1) is 0 Å². The van der Waals surface area contributed by atoms with E-state index in [9.17, 15) is 4.39 Å². The van der Waals surface area contributed by atoms with Crippen LogP contribution in [0.5, 0.6) is 0 Å². The van der Waals surface area contributed by atoms with Crippen molar-refractivity contribution in [3.63, 3.8) is 0 Å². The Bertz CT molecular complexity index is 543. The molecule has 0 radical (unpaired) electrons. The average molecular weight is 269 g/mol. The van der Waals surface area contributed by atoms with Crippen molar-refractivity contribution in [1.82, 2.24) is 9.97 Å². The fraction of sp³-hybridized carbons (Fsp3) is 0.167. The Morgan fingerprint density at radius 2 is 1.76 bits per heavy atom. The van der Waals surface area contributed by atoms with Gasteiger partial charge in [-0.1, -0.05) is 23.4 Å². The van der Waals surface area contributed by atoms with E-state index in [1.54, 1.807) is 19.1 Å². The topological polar surface area (TPSA) is 25.8 Å². The van der Waals surface area contributed by atoms with E-state index in [-0.39, 0.29) is 5.82 Å². The maximum Gasteiger partial charge on any atom is 0.136 e. The molecule has 0 aliphatic heterocycles. The lowest BCUT2D eigenvalue weighted by Gasteiger charge is -2.06. The number of hydrogen-bond acceptors (Lipinski definition) is 3. The maximum absolute atomic E-state index is 12.8. The first kappa shape index (κ1) is 12.3. The third-order valence-electron chi connectivity index (χ3n) is 2.18. The quantitative estimate of drug-likeness (QED) is 0.769. The molecule has 0 N–H and O–H groups in total. The van der Waals surface area contributed by atoms with E-state index in [1.807, 2.05) is 6.92 Å². The fourth-order valence-corrected chi connectivity index (χ4v) is 2.47. The molecule has 0 saturated carbocycles. The van der Waals surface area contributed by atoms with E-state index < -0.39 is 0 Å². The minimum atomic E-state index is -0.247. The summed E-state index contributed by atoms with van der Waals surface area (Å²) < 4.78 is 12.8. The second-order valence-corrected chi connectivity index (χ2v) is 4.97. The second kappa shape index (κ2) is 5.02. The lowest BCUT2D eigenvalue weighted by Crippen LogP contribution is -1.95. The van der Waals surface area contributed by atoms with Crippen molar-refractivity contribution in [2.45, 2.75) is 23.8 Å². The number of rotatable bonds is 2. The van der Waals surface area contributed by atoms with Crippen molar-refractivity contribution in [2.24, 2.45) is 0 Å². The molecule has 0 saturated heterocycles. The highest BCUT2D eigenvalue weighted by Crippen LogP contribution is 2.31. The first-order valence-corrected chi connectivity index (χ1v) is 6.20. The summed E-state index contributed by atoms with van der Waals surface area (Å²) in [5.74, 6) is 0.383. The number of hydrogen-bond donors (Lipinski definition) is 0. The van der Waals surface area contributed by atoms with Crippen molar-refractivity contribution in [1.29, 1.82) is 0 Å². The molecular weight excluding hydrogens is 259 g/mol. The maximum atomic E-state index is 12.8. The zero-order valence-corrected chi connectivity index (χ0v) is 10.9. The molecule has 2 nitrogen and oxygen atoms in total. The Balaban J connectivity index is 2.32. The van der Waals surface area contributed by atoms with Crippen molar-refractivity contribution < 1.29 is 4.39 Å². The van der Waals surface area contributed by atoms with Gasteiger partial charge in [-0.2, -0.15) is 0 Å². The summed E-state index contributed by atoms with van der Waals surface area (Å²) in [7, 11) is 0. The number of nitrogens with zero attached hydrogens (tertiary/aromatic N) is 2. The van der Waals surface area contributed by atoms with Gasteiger partial charge in [-0.3, -0.25) is 0 Å². The van der Waals surface area contributed by atoms with Crippen molar-refractivity contribution in [3.05, 3.63) is 46.6 Å². The highest BCUT2D eigenvalue weighted by molar-refractivity contribution is 7.99. The summed E-state index contributed by atoms with van der Waals surface area (Å²) >= 11 is 7.44. The third kappa shape index (κ3) is 2.96. The Hall–Kier alpha value is -1.13. The van der Waals surface area contributed by atoms with Crippen LogP contribution in [-0.4, -0.2) is 9.97 Å². The molecule has 2 rings (SSSR count). The van der Waals surface area contributed by atoms with Gasteiger partial charge in [0.1, 0.15) is 21.8 Å². The van der Waals surface area contributed by atoms with Crippen LogP contribution in [0.4, 0.5) is 4.39 Å².